The van der Waals surface area contributed by atoms with Gasteiger partial charge in [-0.3, -0.25) is 4.79 Å². The van der Waals surface area contributed by atoms with E-state index in [4.69, 9.17) is 4.74 Å². The molecule has 0 radical (unpaired) electrons. The van der Waals surface area contributed by atoms with E-state index in [9.17, 15) is 4.79 Å². The molecule has 0 aromatic heterocycles. The van der Waals surface area contributed by atoms with Gasteiger partial charge in [0.25, 0.3) is 0 Å². The molecule has 1 aliphatic carbocycles. The molecular formula is C17H31NO2. The predicted molar refractivity (Wildman–Crippen MR) is 81.6 cm³/mol. The van der Waals surface area contributed by atoms with Crippen LogP contribution in [0, 0.1) is 11.8 Å². The van der Waals surface area contributed by atoms with Crippen molar-refractivity contribution in [1.82, 2.24) is 4.90 Å². The van der Waals surface area contributed by atoms with Crippen molar-refractivity contribution < 1.29 is 9.53 Å². The first-order valence-electron chi connectivity index (χ1n) is 8.70. The molecule has 2 aliphatic rings. The van der Waals surface area contributed by atoms with Crippen LogP contribution in [-0.4, -0.2) is 37.1 Å². The zero-order valence-corrected chi connectivity index (χ0v) is 13.1. The number of esters is 1. The van der Waals surface area contributed by atoms with Crippen molar-refractivity contribution in [2.75, 3.05) is 26.2 Å². The van der Waals surface area contributed by atoms with E-state index in [-0.39, 0.29) is 11.9 Å². The molecule has 2 rings (SSSR count). The van der Waals surface area contributed by atoms with E-state index in [0.717, 1.165) is 25.8 Å². The molecule has 1 heterocycles. The molecule has 0 amide bonds. The van der Waals surface area contributed by atoms with Crippen molar-refractivity contribution in [2.45, 2.75) is 64.7 Å². The van der Waals surface area contributed by atoms with Crippen LogP contribution in [0.2, 0.25) is 0 Å². The van der Waals surface area contributed by atoms with Crippen molar-refractivity contribution in [1.29, 1.82) is 0 Å². The highest BCUT2D eigenvalue weighted by Gasteiger charge is 2.30. The minimum Gasteiger partial charge on any atom is -0.465 e. The molecule has 0 bridgehead atoms. The normalized spacial score (nSPS) is 22.2. The van der Waals surface area contributed by atoms with E-state index >= 15 is 0 Å². The fourth-order valence-corrected chi connectivity index (χ4v) is 3.79. The van der Waals surface area contributed by atoms with Gasteiger partial charge in [-0.2, -0.15) is 0 Å². The second kappa shape index (κ2) is 8.66. The molecule has 1 aliphatic heterocycles. The molecule has 20 heavy (non-hydrogen) atoms. The third-order valence-corrected chi connectivity index (χ3v) is 4.93. The molecule has 1 atom stereocenters. The van der Waals surface area contributed by atoms with Crippen LogP contribution in [0.1, 0.15) is 64.7 Å². The van der Waals surface area contributed by atoms with Crippen LogP contribution < -0.4 is 0 Å². The summed E-state index contributed by atoms with van der Waals surface area (Å²) in [5.41, 5.74) is 0. The average molecular weight is 281 g/mol. The third-order valence-electron chi connectivity index (χ3n) is 4.93. The average Bonchev–Trinajstić information content (AvgIpc) is 3.13. The highest BCUT2D eigenvalue weighted by atomic mass is 16.5. The summed E-state index contributed by atoms with van der Waals surface area (Å²) in [6, 6.07) is 0. The van der Waals surface area contributed by atoms with Crippen LogP contribution in [-0.2, 0) is 9.53 Å². The predicted octanol–water partition coefficient (Wildman–Crippen LogP) is 3.62. The highest BCUT2D eigenvalue weighted by molar-refractivity contribution is 5.72. The smallest absolute Gasteiger partial charge is 0.309 e. The summed E-state index contributed by atoms with van der Waals surface area (Å²) in [5, 5.41) is 0. The lowest BCUT2D eigenvalue weighted by atomic mass is 9.87. The minimum atomic E-state index is 0.0835. The second-order valence-electron chi connectivity index (χ2n) is 6.51. The van der Waals surface area contributed by atoms with Gasteiger partial charge in [-0.25, -0.2) is 0 Å². The van der Waals surface area contributed by atoms with E-state index in [1.165, 1.54) is 51.6 Å². The van der Waals surface area contributed by atoms with Gasteiger partial charge in [0.2, 0.25) is 0 Å². The third kappa shape index (κ3) is 4.76. The minimum absolute atomic E-state index is 0.0835. The molecule has 3 nitrogen and oxygen atoms in total. The molecule has 1 unspecified atom stereocenters. The number of rotatable bonds is 8. The number of ether oxygens (including phenoxy) is 1. The number of nitrogens with zero attached hydrogens (tertiary/aromatic N) is 1. The lowest BCUT2D eigenvalue weighted by molar-refractivity contribution is -0.151. The van der Waals surface area contributed by atoms with Gasteiger partial charge >= 0.3 is 5.97 Å². The van der Waals surface area contributed by atoms with Crippen LogP contribution in [0.25, 0.3) is 0 Å². The fourth-order valence-electron chi connectivity index (χ4n) is 3.79. The van der Waals surface area contributed by atoms with Gasteiger partial charge in [-0.05, 0) is 57.5 Å². The Morgan fingerprint density at radius 1 is 1.20 bits per heavy atom. The number of carbonyl (C=O) groups is 1. The van der Waals surface area contributed by atoms with Crippen molar-refractivity contribution >= 4 is 5.97 Å². The monoisotopic (exact) mass is 281 g/mol. The quantitative estimate of drug-likeness (QED) is 0.503. The summed E-state index contributed by atoms with van der Waals surface area (Å²) in [5.74, 6) is 0.857. The molecule has 0 aromatic rings. The Morgan fingerprint density at radius 3 is 2.55 bits per heavy atom. The SMILES string of the molecule is CCCC(C(=O)OCCCN1CCCC1)C1CCCC1. The van der Waals surface area contributed by atoms with E-state index < -0.39 is 0 Å². The first-order chi connectivity index (χ1) is 9.81. The Morgan fingerprint density at radius 2 is 1.90 bits per heavy atom. The maximum atomic E-state index is 12.3. The lowest BCUT2D eigenvalue weighted by Gasteiger charge is -2.21. The summed E-state index contributed by atoms with van der Waals surface area (Å²) >= 11 is 0. The summed E-state index contributed by atoms with van der Waals surface area (Å²) < 4.78 is 5.56. The van der Waals surface area contributed by atoms with E-state index in [1.54, 1.807) is 0 Å². The Balaban J connectivity index is 1.65. The zero-order chi connectivity index (χ0) is 14.2. The van der Waals surface area contributed by atoms with Gasteiger partial charge in [0.05, 0.1) is 12.5 Å². The Labute approximate surface area is 124 Å². The van der Waals surface area contributed by atoms with E-state index in [1.807, 2.05) is 0 Å². The number of carbonyl (C=O) groups excluding carboxylic acids is 1. The molecule has 0 N–H and O–H groups in total. The maximum Gasteiger partial charge on any atom is 0.309 e. The van der Waals surface area contributed by atoms with Crippen molar-refractivity contribution in [2.24, 2.45) is 11.8 Å². The van der Waals surface area contributed by atoms with Crippen LogP contribution in [0.3, 0.4) is 0 Å². The lowest BCUT2D eigenvalue weighted by Crippen LogP contribution is -2.26. The molecule has 1 saturated carbocycles. The summed E-state index contributed by atoms with van der Waals surface area (Å²) in [7, 11) is 0. The van der Waals surface area contributed by atoms with Gasteiger partial charge in [0.1, 0.15) is 0 Å². The van der Waals surface area contributed by atoms with Crippen molar-refractivity contribution in [3.8, 4) is 0 Å². The van der Waals surface area contributed by atoms with E-state index in [0.29, 0.717) is 12.5 Å². The van der Waals surface area contributed by atoms with Gasteiger partial charge < -0.3 is 9.64 Å². The summed E-state index contributed by atoms with van der Waals surface area (Å²) in [6.45, 7) is 6.34. The Kier molecular flexibility index (Phi) is 6.85. The molecule has 2 fully saturated rings. The second-order valence-corrected chi connectivity index (χ2v) is 6.51. The molecule has 116 valence electrons. The van der Waals surface area contributed by atoms with Crippen molar-refractivity contribution in [3.05, 3.63) is 0 Å². The van der Waals surface area contributed by atoms with Gasteiger partial charge in [0, 0.05) is 6.54 Å². The van der Waals surface area contributed by atoms with Crippen LogP contribution in [0.5, 0.6) is 0 Å². The van der Waals surface area contributed by atoms with Gasteiger partial charge in [-0.1, -0.05) is 26.2 Å². The fraction of sp³-hybridized carbons (Fsp3) is 0.941. The molecule has 0 spiro atoms. The number of hydrogen-bond donors (Lipinski definition) is 0. The summed E-state index contributed by atoms with van der Waals surface area (Å²) in [6.07, 6.45) is 10.8. The largest absolute Gasteiger partial charge is 0.465 e. The maximum absolute atomic E-state index is 12.3. The van der Waals surface area contributed by atoms with Crippen LogP contribution in [0.15, 0.2) is 0 Å². The molecular weight excluding hydrogens is 250 g/mol. The van der Waals surface area contributed by atoms with Crippen LogP contribution in [0.4, 0.5) is 0 Å². The zero-order valence-electron chi connectivity index (χ0n) is 13.1. The molecule has 0 aromatic carbocycles. The summed E-state index contributed by atoms with van der Waals surface area (Å²) in [4.78, 5) is 14.8. The van der Waals surface area contributed by atoms with Gasteiger partial charge in [0.15, 0.2) is 0 Å². The first kappa shape index (κ1) is 15.8. The van der Waals surface area contributed by atoms with Gasteiger partial charge in [-0.15, -0.1) is 0 Å². The Hall–Kier alpha value is -0.570. The topological polar surface area (TPSA) is 29.5 Å². The molecule has 1 saturated heterocycles. The number of hydrogen-bond acceptors (Lipinski definition) is 3. The highest BCUT2D eigenvalue weighted by Crippen LogP contribution is 2.34. The first-order valence-corrected chi connectivity index (χ1v) is 8.70. The van der Waals surface area contributed by atoms with E-state index in [2.05, 4.69) is 11.8 Å². The van der Waals surface area contributed by atoms with Crippen molar-refractivity contribution in [3.63, 3.8) is 0 Å². The van der Waals surface area contributed by atoms with Crippen LogP contribution >= 0.6 is 0 Å². The molecule has 3 heteroatoms. The Bertz CT molecular complexity index is 281. The standard InChI is InChI=1S/C17H31NO2/c1-2-8-16(15-9-3-4-10-15)17(19)20-14-7-13-18-11-5-6-12-18/h15-16H,2-14H2,1H3. The number of likely N-dealkylation sites (tertiary alicyclic amines) is 1.